The van der Waals surface area contributed by atoms with Gasteiger partial charge in [-0.05, 0) is 60.4 Å². The van der Waals surface area contributed by atoms with Crippen molar-refractivity contribution in [2.24, 2.45) is 0 Å². The lowest BCUT2D eigenvalue weighted by molar-refractivity contribution is 0.102. The lowest BCUT2D eigenvalue weighted by Crippen LogP contribution is -2.21. The van der Waals surface area contributed by atoms with Gasteiger partial charge in [-0.3, -0.25) is 24.5 Å². The van der Waals surface area contributed by atoms with Crippen LogP contribution in [0, 0.1) is 6.92 Å². The van der Waals surface area contributed by atoms with Crippen LogP contribution in [-0.4, -0.2) is 56.3 Å². The quantitative estimate of drug-likeness (QED) is 0.187. The summed E-state index contributed by atoms with van der Waals surface area (Å²) in [6.07, 6.45) is 6.15. The van der Waals surface area contributed by atoms with E-state index in [1.54, 1.807) is 30.6 Å². The van der Waals surface area contributed by atoms with Gasteiger partial charge >= 0.3 is 0 Å². The first-order chi connectivity index (χ1) is 20.9. The SMILES string of the molecule is Cc1c(Nc2nccc3cc(C=O)cnc23)cccc1-c1cccc(NC(=O)c2ccc(CN3CCC(O)C3)cn2)c1Cl. The monoisotopic (exact) mass is 592 g/mol. The highest BCUT2D eigenvalue weighted by molar-refractivity contribution is 6.36. The number of hydrogen-bond donors (Lipinski definition) is 3. The van der Waals surface area contributed by atoms with E-state index in [0.717, 1.165) is 52.6 Å². The third-order valence-corrected chi connectivity index (χ3v) is 8.00. The third-order valence-electron chi connectivity index (χ3n) is 7.59. The van der Waals surface area contributed by atoms with Crippen molar-refractivity contribution in [3.05, 3.63) is 107 Å². The predicted octanol–water partition coefficient (Wildman–Crippen LogP) is 6.03. The average molecular weight is 593 g/mol. The minimum absolute atomic E-state index is 0.279. The van der Waals surface area contributed by atoms with Crippen LogP contribution >= 0.6 is 11.6 Å². The molecule has 1 aliphatic heterocycles. The maximum atomic E-state index is 13.1. The Kier molecular flexibility index (Phi) is 8.11. The van der Waals surface area contributed by atoms with E-state index in [0.29, 0.717) is 40.7 Å². The van der Waals surface area contributed by atoms with E-state index in [-0.39, 0.29) is 17.7 Å². The number of nitrogens with zero attached hydrogens (tertiary/aromatic N) is 4. The van der Waals surface area contributed by atoms with Crippen molar-refractivity contribution in [2.45, 2.75) is 26.0 Å². The van der Waals surface area contributed by atoms with Crippen LogP contribution in [0.25, 0.3) is 22.0 Å². The summed E-state index contributed by atoms with van der Waals surface area (Å²) in [5, 5.41) is 17.2. The number of carbonyl (C=O) groups is 2. The van der Waals surface area contributed by atoms with Gasteiger partial charge in [-0.25, -0.2) is 4.98 Å². The Morgan fingerprint density at radius 2 is 1.86 bits per heavy atom. The molecule has 4 heterocycles. The summed E-state index contributed by atoms with van der Waals surface area (Å²) in [5.74, 6) is 0.209. The van der Waals surface area contributed by atoms with Crippen molar-refractivity contribution in [1.82, 2.24) is 19.9 Å². The maximum absolute atomic E-state index is 13.1. The molecule has 43 heavy (non-hydrogen) atoms. The van der Waals surface area contributed by atoms with E-state index in [2.05, 4.69) is 30.5 Å². The van der Waals surface area contributed by atoms with Crippen LogP contribution in [0.4, 0.5) is 17.2 Å². The van der Waals surface area contributed by atoms with Gasteiger partial charge in [0.1, 0.15) is 11.2 Å². The maximum Gasteiger partial charge on any atom is 0.274 e. The number of hydrogen-bond acceptors (Lipinski definition) is 8. The number of likely N-dealkylation sites (tertiary alicyclic amines) is 1. The average Bonchev–Trinajstić information content (AvgIpc) is 3.43. The summed E-state index contributed by atoms with van der Waals surface area (Å²) in [5.41, 5.74) is 6.28. The summed E-state index contributed by atoms with van der Waals surface area (Å²) in [6, 6.07) is 18.5. The number of fused-ring (bicyclic) bond motifs is 1. The van der Waals surface area contributed by atoms with Crippen molar-refractivity contribution >= 4 is 51.9 Å². The Balaban J connectivity index is 1.21. The fourth-order valence-corrected chi connectivity index (χ4v) is 5.59. The predicted molar refractivity (Wildman–Crippen MR) is 168 cm³/mol. The van der Waals surface area contributed by atoms with Gasteiger partial charge in [0.2, 0.25) is 0 Å². The van der Waals surface area contributed by atoms with Gasteiger partial charge in [-0.1, -0.05) is 41.9 Å². The number of rotatable bonds is 8. The van der Waals surface area contributed by atoms with E-state index < -0.39 is 0 Å². The Bertz CT molecular complexity index is 1830. The second-order valence-electron chi connectivity index (χ2n) is 10.6. The molecule has 0 saturated carbocycles. The van der Waals surface area contributed by atoms with Crippen LogP contribution in [0.5, 0.6) is 0 Å². The number of benzene rings is 2. The van der Waals surface area contributed by atoms with Gasteiger partial charge < -0.3 is 15.7 Å². The van der Waals surface area contributed by atoms with Crippen LogP contribution < -0.4 is 10.6 Å². The van der Waals surface area contributed by atoms with E-state index >= 15 is 0 Å². The van der Waals surface area contributed by atoms with E-state index in [1.807, 2.05) is 49.4 Å². The smallest absolute Gasteiger partial charge is 0.274 e. The molecule has 1 saturated heterocycles. The van der Waals surface area contributed by atoms with Crippen molar-refractivity contribution in [3.63, 3.8) is 0 Å². The highest BCUT2D eigenvalue weighted by Crippen LogP contribution is 2.38. The van der Waals surface area contributed by atoms with Gasteiger partial charge in [0, 0.05) is 60.4 Å². The van der Waals surface area contributed by atoms with Crippen molar-refractivity contribution in [1.29, 1.82) is 0 Å². The summed E-state index contributed by atoms with van der Waals surface area (Å²) in [4.78, 5) is 39.7. The molecule has 0 radical (unpaired) electrons. The number of aliphatic hydroxyl groups excluding tert-OH is 1. The molecule has 0 bridgehead atoms. The second-order valence-corrected chi connectivity index (χ2v) is 10.9. The van der Waals surface area contributed by atoms with E-state index in [4.69, 9.17) is 11.6 Å². The minimum atomic E-state index is -0.360. The molecular weight excluding hydrogens is 564 g/mol. The molecular formula is C33H29ClN6O3. The van der Waals surface area contributed by atoms with E-state index in [1.165, 1.54) is 6.20 Å². The summed E-state index contributed by atoms with van der Waals surface area (Å²) in [7, 11) is 0. The number of aldehydes is 1. The van der Waals surface area contributed by atoms with Crippen LogP contribution in [-0.2, 0) is 6.54 Å². The lowest BCUT2D eigenvalue weighted by Gasteiger charge is -2.16. The summed E-state index contributed by atoms with van der Waals surface area (Å²) < 4.78 is 0. The Hall–Kier alpha value is -4.70. The molecule has 10 heteroatoms. The number of anilines is 3. The topological polar surface area (TPSA) is 120 Å². The molecule has 3 aromatic heterocycles. The molecule has 1 atom stereocenters. The molecule has 1 amide bonds. The molecule has 6 rings (SSSR count). The number of pyridine rings is 3. The van der Waals surface area contributed by atoms with Crippen molar-refractivity contribution < 1.29 is 14.7 Å². The highest BCUT2D eigenvalue weighted by atomic mass is 35.5. The summed E-state index contributed by atoms with van der Waals surface area (Å²) >= 11 is 6.87. The lowest BCUT2D eigenvalue weighted by atomic mass is 9.98. The Morgan fingerprint density at radius 1 is 1.05 bits per heavy atom. The third kappa shape index (κ3) is 6.10. The van der Waals surface area contributed by atoms with Crippen LogP contribution in [0.1, 0.15) is 38.4 Å². The van der Waals surface area contributed by atoms with Gasteiger partial charge in [0.15, 0.2) is 12.1 Å². The molecule has 2 aromatic carbocycles. The van der Waals surface area contributed by atoms with Crippen LogP contribution in [0.2, 0.25) is 5.02 Å². The summed E-state index contributed by atoms with van der Waals surface area (Å²) in [6.45, 7) is 4.16. The van der Waals surface area contributed by atoms with Crippen LogP contribution in [0.15, 0.2) is 79.3 Å². The largest absolute Gasteiger partial charge is 0.392 e. The number of aliphatic hydroxyl groups is 1. The Morgan fingerprint density at radius 3 is 2.60 bits per heavy atom. The van der Waals surface area contributed by atoms with Crippen LogP contribution in [0.3, 0.4) is 0 Å². The standard InChI is InChI=1S/C33H29ClN6O3/c1-20-25(4-2-6-27(20)38-32-31-23(10-12-35-32)14-22(19-41)16-37-31)26-5-3-7-28(30(26)34)39-33(43)29-9-8-21(15-36-29)17-40-13-11-24(42)18-40/h2-10,12,14-16,19,24,42H,11,13,17-18H2,1H3,(H,35,38)(H,39,43). The zero-order valence-electron chi connectivity index (χ0n) is 23.4. The fourth-order valence-electron chi connectivity index (χ4n) is 5.31. The number of aromatic nitrogens is 3. The number of β-amino-alcohol motifs (C(OH)–C–C–N with tert-alkyl or cyclic N) is 1. The molecule has 3 N–H and O–H groups in total. The van der Waals surface area contributed by atoms with Crippen molar-refractivity contribution in [3.8, 4) is 11.1 Å². The van der Waals surface area contributed by atoms with Gasteiger partial charge in [0.05, 0.1) is 16.8 Å². The first-order valence-electron chi connectivity index (χ1n) is 13.9. The highest BCUT2D eigenvalue weighted by Gasteiger charge is 2.20. The first-order valence-corrected chi connectivity index (χ1v) is 14.3. The molecule has 216 valence electrons. The zero-order chi connectivity index (χ0) is 29.9. The minimum Gasteiger partial charge on any atom is -0.392 e. The molecule has 0 aliphatic carbocycles. The molecule has 1 aliphatic rings. The van der Waals surface area contributed by atoms with Gasteiger partial charge in [-0.15, -0.1) is 0 Å². The zero-order valence-corrected chi connectivity index (χ0v) is 24.2. The van der Waals surface area contributed by atoms with Gasteiger partial charge in [0.25, 0.3) is 5.91 Å². The van der Waals surface area contributed by atoms with Gasteiger partial charge in [-0.2, -0.15) is 0 Å². The first kappa shape index (κ1) is 28.4. The Labute approximate surface area is 253 Å². The molecule has 0 spiro atoms. The molecule has 1 unspecified atom stereocenters. The molecule has 9 nitrogen and oxygen atoms in total. The number of carbonyl (C=O) groups excluding carboxylic acids is 2. The normalized spacial score (nSPS) is 15.0. The number of nitrogens with one attached hydrogen (secondary N) is 2. The van der Waals surface area contributed by atoms with Crippen molar-refractivity contribution in [2.75, 3.05) is 23.7 Å². The number of amides is 1. The number of halogens is 1. The molecule has 5 aromatic rings. The molecule has 1 fully saturated rings. The fraction of sp³-hybridized carbons (Fsp3) is 0.182. The van der Waals surface area contributed by atoms with E-state index in [9.17, 15) is 14.7 Å². The second kappa shape index (κ2) is 12.3.